The van der Waals surface area contributed by atoms with Crippen LogP contribution in [0.25, 0.3) is 0 Å². The Morgan fingerprint density at radius 1 is 1.15 bits per heavy atom. The third-order valence-corrected chi connectivity index (χ3v) is 10.1. The molecule has 6 nitrogen and oxygen atoms in total. The molecular weight excluding hydrogens is 512 g/mol. The molecule has 1 N–H and O–H groups in total. The van der Waals surface area contributed by atoms with Crippen molar-refractivity contribution in [3.8, 4) is 29.1 Å². The van der Waals surface area contributed by atoms with E-state index in [1.54, 1.807) is 18.1 Å². The Balaban J connectivity index is 1.23. The molecule has 6 heteroatoms. The molecule has 41 heavy (non-hydrogen) atoms. The summed E-state index contributed by atoms with van der Waals surface area (Å²) in [6, 6.07) is 22.2. The van der Waals surface area contributed by atoms with Gasteiger partial charge in [-0.1, -0.05) is 54.5 Å². The van der Waals surface area contributed by atoms with Crippen LogP contribution in [0.15, 0.2) is 66.7 Å². The second kappa shape index (κ2) is 10.2. The second-order valence-electron chi connectivity index (χ2n) is 11.9. The molecule has 3 aromatic carbocycles. The standard InChI is InChI=1S/C35H36N2O4/c1-36(31(39)16-13-23-9-5-3-6-10-23)27-15-14-26-28-21-25-29(38)22-30(40-2)33-32(25)35(26,34(27)41-33)18-20-37(28)19-17-24-11-7-4-8-12-24/h3-12,22,26-28,34,38H,14-15,17-21H2,1-2H3/t26-,27+,28+,34-,35-/m0/s1. The lowest BCUT2D eigenvalue weighted by atomic mass is 9.50. The van der Waals surface area contributed by atoms with Crippen LogP contribution in [0.3, 0.4) is 0 Å². The normalized spacial score (nSPS) is 27.2. The first-order valence-corrected chi connectivity index (χ1v) is 14.7. The fourth-order valence-corrected chi connectivity index (χ4v) is 8.28. The highest BCUT2D eigenvalue weighted by molar-refractivity contribution is 5.94. The molecule has 1 spiro atoms. The average Bonchev–Trinajstić information content (AvgIpc) is 3.35. The summed E-state index contributed by atoms with van der Waals surface area (Å²) in [6.45, 7) is 1.95. The fourth-order valence-electron chi connectivity index (χ4n) is 8.28. The van der Waals surface area contributed by atoms with Crippen LogP contribution >= 0.6 is 0 Å². The molecule has 0 aromatic heterocycles. The number of piperidine rings is 1. The van der Waals surface area contributed by atoms with Gasteiger partial charge in [0, 0.05) is 53.7 Å². The van der Waals surface area contributed by atoms with Gasteiger partial charge in [-0.2, -0.15) is 0 Å². The van der Waals surface area contributed by atoms with Crippen molar-refractivity contribution in [3.05, 3.63) is 89.0 Å². The predicted octanol–water partition coefficient (Wildman–Crippen LogP) is 4.56. The van der Waals surface area contributed by atoms with E-state index in [0.29, 0.717) is 17.7 Å². The molecule has 210 valence electrons. The Morgan fingerprint density at radius 3 is 2.66 bits per heavy atom. The van der Waals surface area contributed by atoms with E-state index in [-0.39, 0.29) is 29.2 Å². The molecule has 2 fully saturated rings. The smallest absolute Gasteiger partial charge is 0.298 e. The number of hydrogen-bond acceptors (Lipinski definition) is 5. The third kappa shape index (κ3) is 4.09. The number of ether oxygens (including phenoxy) is 2. The van der Waals surface area contributed by atoms with Crippen LogP contribution in [0.4, 0.5) is 0 Å². The minimum absolute atomic E-state index is 0.120. The van der Waals surface area contributed by atoms with E-state index >= 15 is 0 Å². The third-order valence-electron chi connectivity index (χ3n) is 10.1. The number of hydrogen-bond donors (Lipinski definition) is 1. The maximum Gasteiger partial charge on any atom is 0.298 e. The van der Waals surface area contributed by atoms with Crippen LogP contribution in [0.1, 0.15) is 41.5 Å². The number of nitrogens with zero attached hydrogens (tertiary/aromatic N) is 2. The van der Waals surface area contributed by atoms with Crippen molar-refractivity contribution < 1.29 is 19.4 Å². The topological polar surface area (TPSA) is 62.2 Å². The summed E-state index contributed by atoms with van der Waals surface area (Å²) in [5, 5.41) is 11.3. The average molecular weight is 549 g/mol. The maximum absolute atomic E-state index is 13.4. The Labute approximate surface area is 241 Å². The molecule has 7 rings (SSSR count). The molecule has 2 bridgehead atoms. The number of likely N-dealkylation sites (N-methyl/N-ethyl adjacent to an activating group) is 1. The van der Waals surface area contributed by atoms with Crippen molar-refractivity contribution in [2.45, 2.75) is 55.7 Å². The summed E-state index contributed by atoms with van der Waals surface area (Å²) in [7, 11) is 3.49. The van der Waals surface area contributed by atoms with Gasteiger partial charge in [-0.25, -0.2) is 0 Å². The molecule has 1 saturated carbocycles. The predicted molar refractivity (Wildman–Crippen MR) is 157 cm³/mol. The van der Waals surface area contributed by atoms with Gasteiger partial charge >= 0.3 is 0 Å². The molecule has 2 aliphatic carbocycles. The number of methoxy groups -OCH3 is 1. The van der Waals surface area contributed by atoms with Crippen molar-refractivity contribution in [2.75, 3.05) is 27.2 Å². The van der Waals surface area contributed by atoms with E-state index in [0.717, 1.165) is 67.6 Å². The summed E-state index contributed by atoms with van der Waals surface area (Å²) in [6.07, 6.45) is 4.37. The zero-order valence-corrected chi connectivity index (χ0v) is 23.7. The largest absolute Gasteiger partial charge is 0.508 e. The van der Waals surface area contributed by atoms with Crippen molar-refractivity contribution >= 4 is 5.91 Å². The molecule has 2 aliphatic heterocycles. The lowest BCUT2D eigenvalue weighted by molar-refractivity contribution is -0.134. The van der Waals surface area contributed by atoms with Crippen molar-refractivity contribution in [2.24, 2.45) is 5.92 Å². The summed E-state index contributed by atoms with van der Waals surface area (Å²) in [4.78, 5) is 17.8. The van der Waals surface area contributed by atoms with Gasteiger partial charge in [-0.3, -0.25) is 9.69 Å². The summed E-state index contributed by atoms with van der Waals surface area (Å²) >= 11 is 0. The summed E-state index contributed by atoms with van der Waals surface area (Å²) in [5.74, 6) is 7.70. The molecule has 4 aliphatic rings. The Bertz CT molecular complexity index is 1530. The Kier molecular flexibility index (Phi) is 6.43. The molecular formula is C35H36N2O4. The zero-order chi connectivity index (χ0) is 28.1. The van der Waals surface area contributed by atoms with E-state index in [4.69, 9.17) is 9.47 Å². The number of rotatable bonds is 5. The number of carbonyl (C=O) groups excluding carboxylic acids is 1. The monoisotopic (exact) mass is 548 g/mol. The molecule has 0 radical (unpaired) electrons. The van der Waals surface area contributed by atoms with E-state index in [9.17, 15) is 9.90 Å². The summed E-state index contributed by atoms with van der Waals surface area (Å²) < 4.78 is 12.6. The van der Waals surface area contributed by atoms with E-state index in [1.807, 2.05) is 37.4 Å². The number of aromatic hydroxyl groups is 1. The quantitative estimate of drug-likeness (QED) is 0.474. The van der Waals surface area contributed by atoms with Crippen molar-refractivity contribution in [1.82, 2.24) is 9.80 Å². The number of carbonyl (C=O) groups is 1. The number of phenols is 1. The van der Waals surface area contributed by atoms with Gasteiger partial charge in [-0.05, 0) is 62.3 Å². The number of likely N-dealkylation sites (tertiary alicyclic amines) is 1. The Hall–Kier alpha value is -3.95. The van der Waals surface area contributed by atoms with Crippen LogP contribution in [0.5, 0.6) is 17.2 Å². The van der Waals surface area contributed by atoms with Gasteiger partial charge in [0.15, 0.2) is 11.5 Å². The molecule has 1 saturated heterocycles. The summed E-state index contributed by atoms with van der Waals surface area (Å²) in [5.41, 5.74) is 4.02. The fraction of sp³-hybridized carbons (Fsp3) is 0.400. The lowest BCUT2D eigenvalue weighted by Crippen LogP contribution is -2.69. The first-order chi connectivity index (χ1) is 20.0. The molecule has 0 unspecified atom stereocenters. The zero-order valence-electron chi connectivity index (χ0n) is 23.7. The van der Waals surface area contributed by atoms with Crippen LogP contribution < -0.4 is 9.47 Å². The van der Waals surface area contributed by atoms with Gasteiger partial charge in [0.1, 0.15) is 11.9 Å². The highest BCUT2D eigenvalue weighted by Crippen LogP contribution is 2.65. The SMILES string of the molecule is COc1cc(O)c2c3c1O[C@H]1[C@H](N(C)C(=O)C#Cc4ccccc4)CC[C@H]4[C@@H](C2)N(CCc2ccccc2)CC[C@@]341. The Morgan fingerprint density at radius 2 is 1.90 bits per heavy atom. The molecule has 1 amide bonds. The van der Waals surface area contributed by atoms with Gasteiger partial charge in [0.25, 0.3) is 5.91 Å². The van der Waals surface area contributed by atoms with E-state index in [2.05, 4.69) is 47.1 Å². The highest BCUT2D eigenvalue weighted by Gasteiger charge is 2.67. The van der Waals surface area contributed by atoms with Gasteiger partial charge in [-0.15, -0.1) is 0 Å². The molecule has 3 aromatic rings. The van der Waals surface area contributed by atoms with Crippen LogP contribution in [-0.4, -0.2) is 66.2 Å². The minimum Gasteiger partial charge on any atom is -0.508 e. The first-order valence-electron chi connectivity index (χ1n) is 14.7. The first kappa shape index (κ1) is 26.0. The van der Waals surface area contributed by atoms with E-state index in [1.165, 1.54) is 5.56 Å². The lowest BCUT2D eigenvalue weighted by Gasteiger charge is -2.60. The van der Waals surface area contributed by atoms with Crippen molar-refractivity contribution in [3.63, 3.8) is 0 Å². The van der Waals surface area contributed by atoms with Gasteiger partial charge in [0.05, 0.1) is 13.2 Å². The molecule has 2 heterocycles. The van der Waals surface area contributed by atoms with Gasteiger partial charge in [0.2, 0.25) is 0 Å². The maximum atomic E-state index is 13.4. The number of amides is 1. The van der Waals surface area contributed by atoms with Crippen LogP contribution in [0, 0.1) is 17.8 Å². The van der Waals surface area contributed by atoms with Crippen LogP contribution in [-0.2, 0) is 23.1 Å². The second-order valence-corrected chi connectivity index (χ2v) is 11.9. The number of phenolic OH excluding ortho intramolecular Hbond substituents is 1. The van der Waals surface area contributed by atoms with Gasteiger partial charge < -0.3 is 19.5 Å². The highest BCUT2D eigenvalue weighted by atomic mass is 16.5. The minimum atomic E-state index is -0.271. The van der Waals surface area contributed by atoms with E-state index < -0.39 is 0 Å². The number of benzene rings is 3. The molecule has 5 atom stereocenters. The van der Waals surface area contributed by atoms with Crippen LogP contribution in [0.2, 0.25) is 0 Å². The van der Waals surface area contributed by atoms with Crippen molar-refractivity contribution in [1.29, 1.82) is 0 Å².